The van der Waals surface area contributed by atoms with Gasteiger partial charge in [0.1, 0.15) is 0 Å². The van der Waals surface area contributed by atoms with Crippen LogP contribution < -0.4 is 5.32 Å². The first-order valence-corrected chi connectivity index (χ1v) is 8.44. The number of carbonyl (C=O) groups excluding carboxylic acids is 1. The molecule has 2 N–H and O–H groups in total. The molecule has 2 rings (SSSR count). The Hall–Kier alpha value is -0.650. The molecular formula is C16H31N3O2. The van der Waals surface area contributed by atoms with Gasteiger partial charge < -0.3 is 15.3 Å². The van der Waals surface area contributed by atoms with E-state index in [1.807, 2.05) is 0 Å². The average molecular weight is 297 g/mol. The molecule has 0 aromatic rings. The van der Waals surface area contributed by atoms with Crippen LogP contribution >= 0.6 is 0 Å². The molecule has 0 aromatic carbocycles. The van der Waals surface area contributed by atoms with Crippen LogP contribution in [0.2, 0.25) is 0 Å². The molecule has 2 heterocycles. The second-order valence-electron chi connectivity index (χ2n) is 6.83. The molecule has 0 radical (unpaired) electrons. The van der Waals surface area contributed by atoms with Crippen molar-refractivity contribution in [2.45, 2.75) is 57.1 Å². The molecule has 0 spiro atoms. The van der Waals surface area contributed by atoms with Gasteiger partial charge >= 0.3 is 0 Å². The van der Waals surface area contributed by atoms with Crippen molar-refractivity contribution in [2.75, 3.05) is 39.8 Å². The van der Waals surface area contributed by atoms with Gasteiger partial charge in [0, 0.05) is 25.7 Å². The van der Waals surface area contributed by atoms with Crippen LogP contribution in [-0.4, -0.2) is 72.2 Å². The lowest BCUT2D eigenvalue weighted by Crippen LogP contribution is -2.52. The highest BCUT2D eigenvalue weighted by Gasteiger charge is 2.31. The number of rotatable bonds is 5. The Morgan fingerprint density at radius 3 is 2.67 bits per heavy atom. The van der Waals surface area contributed by atoms with E-state index in [2.05, 4.69) is 29.1 Å². The first-order valence-electron chi connectivity index (χ1n) is 8.44. The molecule has 1 unspecified atom stereocenters. The van der Waals surface area contributed by atoms with Crippen molar-refractivity contribution in [3.05, 3.63) is 0 Å². The minimum absolute atomic E-state index is 0.0581. The van der Waals surface area contributed by atoms with Gasteiger partial charge in [0.05, 0.1) is 12.1 Å². The monoisotopic (exact) mass is 297 g/mol. The van der Waals surface area contributed by atoms with Crippen LogP contribution in [0.25, 0.3) is 0 Å². The number of nitrogens with zero attached hydrogens (tertiary/aromatic N) is 2. The van der Waals surface area contributed by atoms with Crippen molar-refractivity contribution in [1.82, 2.24) is 15.1 Å². The molecular weight excluding hydrogens is 266 g/mol. The Kier molecular flexibility index (Phi) is 6.02. The number of hydrogen-bond acceptors (Lipinski definition) is 4. The van der Waals surface area contributed by atoms with Crippen LogP contribution in [0.1, 0.15) is 45.4 Å². The number of likely N-dealkylation sites (tertiary alicyclic amines) is 2. The predicted molar refractivity (Wildman–Crippen MR) is 84.2 cm³/mol. The van der Waals surface area contributed by atoms with E-state index in [9.17, 15) is 9.90 Å². The molecule has 0 aliphatic carbocycles. The fourth-order valence-corrected chi connectivity index (χ4v) is 3.45. The normalized spacial score (nSPS) is 27.5. The van der Waals surface area contributed by atoms with Crippen LogP contribution in [0.3, 0.4) is 0 Å². The summed E-state index contributed by atoms with van der Waals surface area (Å²) in [6.45, 7) is 5.90. The molecule has 21 heavy (non-hydrogen) atoms. The summed E-state index contributed by atoms with van der Waals surface area (Å²) >= 11 is 0. The van der Waals surface area contributed by atoms with E-state index >= 15 is 0 Å². The van der Waals surface area contributed by atoms with E-state index in [-0.39, 0.29) is 5.91 Å². The average Bonchev–Trinajstić information content (AvgIpc) is 2.49. The van der Waals surface area contributed by atoms with Crippen molar-refractivity contribution < 1.29 is 9.90 Å². The van der Waals surface area contributed by atoms with Crippen LogP contribution in [0.15, 0.2) is 0 Å². The molecule has 1 atom stereocenters. The lowest BCUT2D eigenvalue weighted by atomic mass is 9.91. The molecule has 1 amide bonds. The largest absolute Gasteiger partial charge is 0.388 e. The molecule has 2 aliphatic rings. The minimum atomic E-state index is -0.714. The van der Waals surface area contributed by atoms with Crippen LogP contribution in [0, 0.1) is 0 Å². The molecule has 5 nitrogen and oxygen atoms in total. The third kappa shape index (κ3) is 4.94. The Morgan fingerprint density at radius 1 is 1.29 bits per heavy atom. The van der Waals surface area contributed by atoms with Crippen molar-refractivity contribution in [2.24, 2.45) is 0 Å². The topological polar surface area (TPSA) is 55.8 Å². The lowest BCUT2D eigenvalue weighted by molar-refractivity contribution is -0.125. The van der Waals surface area contributed by atoms with Crippen LogP contribution in [0.4, 0.5) is 0 Å². The van der Waals surface area contributed by atoms with Crippen molar-refractivity contribution in [3.63, 3.8) is 0 Å². The first kappa shape index (κ1) is 16.7. The number of aliphatic hydroxyl groups is 1. The fraction of sp³-hybridized carbons (Fsp3) is 0.938. The summed E-state index contributed by atoms with van der Waals surface area (Å²) in [6, 6.07) is 0.552. The highest BCUT2D eigenvalue weighted by atomic mass is 16.3. The van der Waals surface area contributed by atoms with Gasteiger partial charge in [-0.15, -0.1) is 0 Å². The van der Waals surface area contributed by atoms with E-state index in [4.69, 9.17) is 0 Å². The SMILES string of the molecule is CCC1CCCCN1CC(=O)NCC1(O)CCN(C)CC1. The van der Waals surface area contributed by atoms with Gasteiger partial charge in [0.25, 0.3) is 0 Å². The highest BCUT2D eigenvalue weighted by molar-refractivity contribution is 5.78. The summed E-state index contributed by atoms with van der Waals surface area (Å²) in [6.07, 6.45) is 6.28. The zero-order valence-electron chi connectivity index (χ0n) is 13.6. The Bertz CT molecular complexity index is 340. The standard InChI is InChI=1S/C16H31N3O2/c1-3-14-6-4-5-9-19(14)12-15(20)17-13-16(21)7-10-18(2)11-8-16/h14,21H,3-13H2,1-2H3,(H,17,20). The summed E-state index contributed by atoms with van der Waals surface area (Å²) in [5.74, 6) is 0.0581. The van der Waals surface area contributed by atoms with Gasteiger partial charge in [-0.25, -0.2) is 0 Å². The number of nitrogens with one attached hydrogen (secondary N) is 1. The summed E-state index contributed by atoms with van der Waals surface area (Å²) in [4.78, 5) is 16.7. The molecule has 2 saturated heterocycles. The summed E-state index contributed by atoms with van der Waals surface area (Å²) < 4.78 is 0. The van der Waals surface area contributed by atoms with E-state index in [0.29, 0.717) is 19.1 Å². The second kappa shape index (κ2) is 7.56. The smallest absolute Gasteiger partial charge is 0.234 e. The Labute approximate surface area is 128 Å². The third-order valence-electron chi connectivity index (χ3n) is 5.10. The second-order valence-corrected chi connectivity index (χ2v) is 6.83. The molecule has 122 valence electrons. The number of amides is 1. The summed E-state index contributed by atoms with van der Waals surface area (Å²) in [7, 11) is 2.07. The number of hydrogen-bond donors (Lipinski definition) is 2. The molecule has 5 heteroatoms. The van der Waals surface area contributed by atoms with Crippen molar-refractivity contribution in [3.8, 4) is 0 Å². The van der Waals surface area contributed by atoms with E-state index in [1.165, 1.54) is 19.3 Å². The lowest BCUT2D eigenvalue weighted by Gasteiger charge is -2.37. The van der Waals surface area contributed by atoms with Crippen LogP contribution in [0.5, 0.6) is 0 Å². The van der Waals surface area contributed by atoms with Crippen molar-refractivity contribution in [1.29, 1.82) is 0 Å². The Morgan fingerprint density at radius 2 is 2.00 bits per heavy atom. The van der Waals surface area contributed by atoms with Gasteiger partial charge in [-0.2, -0.15) is 0 Å². The van der Waals surface area contributed by atoms with Gasteiger partial charge in [-0.1, -0.05) is 13.3 Å². The third-order valence-corrected chi connectivity index (χ3v) is 5.10. The summed E-state index contributed by atoms with van der Waals surface area (Å²) in [5, 5.41) is 13.4. The van der Waals surface area contributed by atoms with E-state index < -0.39 is 5.60 Å². The zero-order chi connectivity index (χ0) is 15.3. The predicted octanol–water partition coefficient (Wildman–Crippen LogP) is 0.824. The zero-order valence-corrected chi connectivity index (χ0v) is 13.6. The first-order chi connectivity index (χ1) is 10.0. The van der Waals surface area contributed by atoms with Crippen LogP contribution in [-0.2, 0) is 4.79 Å². The molecule has 0 saturated carbocycles. The van der Waals surface area contributed by atoms with Gasteiger partial charge in [-0.05, 0) is 45.7 Å². The maximum atomic E-state index is 12.1. The number of carbonyl (C=O) groups is 1. The minimum Gasteiger partial charge on any atom is -0.388 e. The quantitative estimate of drug-likeness (QED) is 0.789. The van der Waals surface area contributed by atoms with Gasteiger partial charge in [-0.3, -0.25) is 9.69 Å². The molecule has 0 aromatic heterocycles. The van der Waals surface area contributed by atoms with Gasteiger partial charge in [0.15, 0.2) is 0 Å². The fourth-order valence-electron chi connectivity index (χ4n) is 3.45. The van der Waals surface area contributed by atoms with Gasteiger partial charge in [0.2, 0.25) is 5.91 Å². The maximum Gasteiger partial charge on any atom is 0.234 e. The highest BCUT2D eigenvalue weighted by Crippen LogP contribution is 2.21. The summed E-state index contributed by atoms with van der Waals surface area (Å²) in [5.41, 5.74) is -0.714. The van der Waals surface area contributed by atoms with Crippen molar-refractivity contribution >= 4 is 5.91 Å². The molecule has 0 bridgehead atoms. The number of piperidine rings is 2. The van der Waals surface area contributed by atoms with E-state index in [1.54, 1.807) is 0 Å². The maximum absolute atomic E-state index is 12.1. The van der Waals surface area contributed by atoms with E-state index in [0.717, 1.165) is 38.9 Å². The molecule has 2 fully saturated rings. The Balaban J connectivity index is 1.74. The molecule has 2 aliphatic heterocycles.